The molecule has 1 atom stereocenters. The van der Waals surface area contributed by atoms with Crippen LogP contribution in [0, 0.1) is 0 Å². The lowest BCUT2D eigenvalue weighted by atomic mass is 9.91. The van der Waals surface area contributed by atoms with Crippen molar-refractivity contribution in [1.82, 2.24) is 10.2 Å². The van der Waals surface area contributed by atoms with E-state index in [0.717, 1.165) is 52.1 Å². The zero-order valence-corrected chi connectivity index (χ0v) is 12.7. The average molecular weight is 260 g/mol. The molecule has 0 aliphatic carbocycles. The molecule has 0 rings (SSSR count). The van der Waals surface area contributed by atoms with Crippen molar-refractivity contribution in [3.05, 3.63) is 0 Å². The zero-order chi connectivity index (χ0) is 13.9. The first-order valence-electron chi connectivity index (χ1n) is 7.26. The van der Waals surface area contributed by atoms with E-state index in [-0.39, 0.29) is 12.1 Å². The highest BCUT2D eigenvalue weighted by Crippen LogP contribution is 2.16. The monoisotopic (exact) mass is 260 g/mol. The molecular weight excluding hydrogens is 228 g/mol. The molecule has 0 amide bonds. The summed E-state index contributed by atoms with van der Waals surface area (Å²) in [5, 5.41) is 13.0. The van der Waals surface area contributed by atoms with Crippen molar-refractivity contribution in [2.24, 2.45) is 0 Å². The minimum atomic E-state index is -0.0878. The highest BCUT2D eigenvalue weighted by molar-refractivity contribution is 4.85. The molecule has 0 aliphatic heterocycles. The molecule has 4 heteroatoms. The fourth-order valence-electron chi connectivity index (χ4n) is 2.18. The van der Waals surface area contributed by atoms with Crippen molar-refractivity contribution in [3.63, 3.8) is 0 Å². The van der Waals surface area contributed by atoms with E-state index in [1.165, 1.54) is 0 Å². The molecule has 0 fully saturated rings. The van der Waals surface area contributed by atoms with Gasteiger partial charge in [0.05, 0.1) is 13.2 Å². The number of likely N-dealkylation sites (N-methyl/N-ethyl adjacent to an activating group) is 2. The highest BCUT2D eigenvalue weighted by atomic mass is 16.5. The Labute approximate surface area is 113 Å². The van der Waals surface area contributed by atoms with Gasteiger partial charge in [0.25, 0.3) is 0 Å². The van der Waals surface area contributed by atoms with Gasteiger partial charge in [-0.25, -0.2) is 0 Å². The summed E-state index contributed by atoms with van der Waals surface area (Å²) in [5.41, 5.74) is -0.0878. The van der Waals surface area contributed by atoms with Crippen LogP contribution in [-0.4, -0.2) is 62.0 Å². The maximum atomic E-state index is 9.55. The lowest BCUT2D eigenvalue weighted by molar-refractivity contribution is 0.115. The second-order valence-corrected chi connectivity index (χ2v) is 4.93. The number of nitrogens with zero attached hydrogens (tertiary/aromatic N) is 1. The summed E-state index contributed by atoms with van der Waals surface area (Å²) < 4.78 is 5.34. The highest BCUT2D eigenvalue weighted by Gasteiger charge is 2.25. The van der Waals surface area contributed by atoms with E-state index < -0.39 is 0 Å². The summed E-state index contributed by atoms with van der Waals surface area (Å²) in [4.78, 5) is 2.29. The molecule has 110 valence electrons. The Morgan fingerprint density at radius 3 is 2.44 bits per heavy atom. The number of ether oxygens (including phenoxy) is 1. The van der Waals surface area contributed by atoms with Crippen molar-refractivity contribution >= 4 is 0 Å². The van der Waals surface area contributed by atoms with E-state index in [4.69, 9.17) is 4.74 Å². The van der Waals surface area contributed by atoms with Gasteiger partial charge in [0.1, 0.15) is 0 Å². The molecule has 0 bridgehead atoms. The van der Waals surface area contributed by atoms with Crippen LogP contribution in [0.4, 0.5) is 0 Å². The smallest absolute Gasteiger partial charge is 0.0613 e. The Balaban J connectivity index is 3.84. The molecule has 0 radical (unpaired) electrons. The van der Waals surface area contributed by atoms with Crippen LogP contribution in [0.2, 0.25) is 0 Å². The SMILES string of the molecule is CCNC(CC)(CO)CCCN(C)CCOCC. The maximum absolute atomic E-state index is 9.55. The van der Waals surface area contributed by atoms with Gasteiger partial charge in [0.2, 0.25) is 0 Å². The summed E-state index contributed by atoms with van der Waals surface area (Å²) in [7, 11) is 2.12. The van der Waals surface area contributed by atoms with E-state index in [2.05, 4.69) is 31.1 Å². The molecule has 0 heterocycles. The number of rotatable bonds is 12. The number of hydrogen-bond acceptors (Lipinski definition) is 4. The zero-order valence-electron chi connectivity index (χ0n) is 12.7. The molecule has 2 N–H and O–H groups in total. The predicted octanol–water partition coefficient (Wildman–Crippen LogP) is 1.49. The van der Waals surface area contributed by atoms with Gasteiger partial charge < -0.3 is 20.1 Å². The van der Waals surface area contributed by atoms with Crippen LogP contribution in [0.1, 0.15) is 40.0 Å². The molecule has 4 nitrogen and oxygen atoms in total. The molecular formula is C14H32N2O2. The average Bonchev–Trinajstić information content (AvgIpc) is 2.38. The number of aliphatic hydroxyl groups is 1. The quantitative estimate of drug-likeness (QED) is 0.522. The summed E-state index contributed by atoms with van der Waals surface area (Å²) in [6.07, 6.45) is 3.09. The van der Waals surface area contributed by atoms with Crippen LogP contribution in [-0.2, 0) is 4.74 Å². The predicted molar refractivity (Wildman–Crippen MR) is 77.0 cm³/mol. The maximum Gasteiger partial charge on any atom is 0.0613 e. The molecule has 0 spiro atoms. The van der Waals surface area contributed by atoms with Crippen molar-refractivity contribution in [3.8, 4) is 0 Å². The summed E-state index contributed by atoms with van der Waals surface area (Å²) >= 11 is 0. The van der Waals surface area contributed by atoms with E-state index in [0.29, 0.717) is 0 Å². The number of nitrogens with one attached hydrogen (secondary N) is 1. The fourth-order valence-corrected chi connectivity index (χ4v) is 2.18. The van der Waals surface area contributed by atoms with Crippen LogP contribution in [0.15, 0.2) is 0 Å². The molecule has 0 saturated carbocycles. The van der Waals surface area contributed by atoms with Crippen LogP contribution >= 0.6 is 0 Å². The molecule has 1 unspecified atom stereocenters. The first-order valence-corrected chi connectivity index (χ1v) is 7.26. The van der Waals surface area contributed by atoms with E-state index >= 15 is 0 Å². The molecule has 0 aromatic carbocycles. The molecule has 0 aliphatic rings. The van der Waals surface area contributed by atoms with Gasteiger partial charge in [-0.1, -0.05) is 13.8 Å². The Morgan fingerprint density at radius 2 is 1.94 bits per heavy atom. The molecule has 0 aromatic heterocycles. The first-order chi connectivity index (χ1) is 8.64. The summed E-state index contributed by atoms with van der Waals surface area (Å²) in [6.45, 7) is 11.0. The van der Waals surface area contributed by atoms with Crippen LogP contribution < -0.4 is 5.32 Å². The Bertz CT molecular complexity index is 185. The molecule has 18 heavy (non-hydrogen) atoms. The Hall–Kier alpha value is -0.160. The van der Waals surface area contributed by atoms with Crippen LogP contribution in [0.3, 0.4) is 0 Å². The van der Waals surface area contributed by atoms with Gasteiger partial charge in [-0.05, 0) is 46.3 Å². The fraction of sp³-hybridized carbons (Fsp3) is 1.00. The lowest BCUT2D eigenvalue weighted by Crippen LogP contribution is -2.48. The summed E-state index contributed by atoms with van der Waals surface area (Å²) in [5.74, 6) is 0. The van der Waals surface area contributed by atoms with Gasteiger partial charge in [-0.2, -0.15) is 0 Å². The minimum Gasteiger partial charge on any atom is -0.394 e. The molecule has 0 saturated heterocycles. The van der Waals surface area contributed by atoms with Crippen molar-refractivity contribution in [2.45, 2.75) is 45.6 Å². The first kappa shape index (κ1) is 17.8. The van der Waals surface area contributed by atoms with Gasteiger partial charge in [-0.3, -0.25) is 0 Å². The third-order valence-corrected chi connectivity index (χ3v) is 3.55. The minimum absolute atomic E-state index is 0.0878. The van der Waals surface area contributed by atoms with Gasteiger partial charge in [0, 0.05) is 18.7 Å². The van der Waals surface area contributed by atoms with Crippen molar-refractivity contribution < 1.29 is 9.84 Å². The topological polar surface area (TPSA) is 44.7 Å². The molecule has 0 aromatic rings. The van der Waals surface area contributed by atoms with Crippen molar-refractivity contribution in [2.75, 3.05) is 46.5 Å². The Kier molecular flexibility index (Phi) is 10.6. The summed E-state index contributed by atoms with van der Waals surface area (Å²) in [6, 6.07) is 0. The van der Waals surface area contributed by atoms with Crippen LogP contribution in [0.25, 0.3) is 0 Å². The van der Waals surface area contributed by atoms with Crippen LogP contribution in [0.5, 0.6) is 0 Å². The number of aliphatic hydroxyl groups excluding tert-OH is 1. The standard InChI is InChI=1S/C14H32N2O2/c1-5-14(13-17,15-6-2)9-8-10-16(4)11-12-18-7-3/h15,17H,5-13H2,1-4H3. The lowest BCUT2D eigenvalue weighted by Gasteiger charge is -2.32. The van der Waals surface area contributed by atoms with E-state index in [9.17, 15) is 5.11 Å². The second kappa shape index (κ2) is 10.7. The third-order valence-electron chi connectivity index (χ3n) is 3.55. The van der Waals surface area contributed by atoms with E-state index in [1.807, 2.05) is 6.92 Å². The second-order valence-electron chi connectivity index (χ2n) is 4.93. The number of hydrogen-bond donors (Lipinski definition) is 2. The van der Waals surface area contributed by atoms with Gasteiger partial charge in [-0.15, -0.1) is 0 Å². The van der Waals surface area contributed by atoms with Gasteiger partial charge in [0.15, 0.2) is 0 Å². The van der Waals surface area contributed by atoms with E-state index in [1.54, 1.807) is 0 Å². The Morgan fingerprint density at radius 1 is 1.22 bits per heavy atom. The van der Waals surface area contributed by atoms with Crippen molar-refractivity contribution in [1.29, 1.82) is 0 Å². The normalized spacial score (nSPS) is 15.0. The largest absolute Gasteiger partial charge is 0.394 e. The van der Waals surface area contributed by atoms with Gasteiger partial charge >= 0.3 is 0 Å². The third kappa shape index (κ3) is 7.31.